The summed E-state index contributed by atoms with van der Waals surface area (Å²) in [5.41, 5.74) is 5.37. The first-order valence-electron chi connectivity index (χ1n) is 11.2. The number of para-hydroxylation sites is 1. The number of anilines is 1. The van der Waals surface area contributed by atoms with Crippen LogP contribution < -0.4 is 20.2 Å². The Bertz CT molecular complexity index is 1180. The van der Waals surface area contributed by atoms with E-state index >= 15 is 0 Å². The third-order valence-electron chi connectivity index (χ3n) is 5.38. The highest BCUT2D eigenvalue weighted by atomic mass is 16.5. The highest BCUT2D eigenvalue weighted by molar-refractivity contribution is 6.09. The number of nitrogens with one attached hydrogen (secondary N) is 2. The number of carbonyl (C=O) groups is 2. The molecule has 2 amide bonds. The van der Waals surface area contributed by atoms with Crippen LogP contribution in [0.4, 0.5) is 5.69 Å². The first kappa shape index (κ1) is 23.1. The van der Waals surface area contributed by atoms with Gasteiger partial charge in [-0.25, -0.2) is 5.43 Å². The van der Waals surface area contributed by atoms with Gasteiger partial charge in [-0.05, 0) is 63.1 Å². The topological polar surface area (TPSA) is 102 Å². The van der Waals surface area contributed by atoms with E-state index in [-0.39, 0.29) is 24.2 Å². The number of hydrogen-bond acceptors (Lipinski definition) is 6. The van der Waals surface area contributed by atoms with Crippen LogP contribution in [0.25, 0.3) is 0 Å². The van der Waals surface area contributed by atoms with Crippen molar-refractivity contribution in [3.63, 3.8) is 0 Å². The zero-order chi connectivity index (χ0) is 23.9. The largest absolute Gasteiger partial charge is 0.494 e. The molecule has 0 aliphatic heterocycles. The Labute approximate surface area is 197 Å². The molecule has 176 valence electrons. The molecule has 0 saturated carbocycles. The van der Waals surface area contributed by atoms with Gasteiger partial charge in [0.05, 0.1) is 12.3 Å². The summed E-state index contributed by atoms with van der Waals surface area (Å²) in [5.74, 6) is 1.59. The van der Waals surface area contributed by atoms with E-state index in [9.17, 15) is 9.59 Å². The lowest BCUT2D eigenvalue weighted by Gasteiger charge is -2.13. The smallest absolute Gasteiger partial charge is 0.291 e. The second-order valence-electron chi connectivity index (χ2n) is 7.81. The lowest BCUT2D eigenvalue weighted by Crippen LogP contribution is -2.27. The lowest BCUT2D eigenvalue weighted by molar-refractivity contribution is -0.123. The minimum absolute atomic E-state index is 0.145. The maximum atomic E-state index is 12.9. The second kappa shape index (κ2) is 10.7. The summed E-state index contributed by atoms with van der Waals surface area (Å²) in [4.78, 5) is 25.1. The van der Waals surface area contributed by atoms with E-state index in [0.29, 0.717) is 47.9 Å². The normalized spacial score (nSPS) is 13.8. The molecule has 0 fully saturated rings. The Morgan fingerprint density at radius 1 is 1.00 bits per heavy atom. The number of aryl methyl sites for hydroxylation is 1. The summed E-state index contributed by atoms with van der Waals surface area (Å²) in [6, 6.07) is 16.3. The number of ether oxygens (including phenoxy) is 2. The fourth-order valence-corrected chi connectivity index (χ4v) is 3.81. The van der Waals surface area contributed by atoms with Gasteiger partial charge in [-0.1, -0.05) is 18.2 Å². The summed E-state index contributed by atoms with van der Waals surface area (Å²) in [6.07, 6.45) is 2.19. The Hall–Kier alpha value is -4.07. The molecule has 8 heteroatoms. The number of fused-ring (bicyclic) bond motifs is 1. The standard InChI is InChI=1S/C26H27N3O5/c1-3-32-20-14-12-18(13-15-20)27-26(31)25-17(2)24-21(10-7-11-22(24)34-25)28-29-23(30)16-33-19-8-5-4-6-9-19/h4-6,8-9,12-15H,3,7,10-11,16H2,1-2H3,(H,27,31)(H,29,30)/b28-21+. The number of amides is 2. The van der Waals surface area contributed by atoms with Gasteiger partial charge in [0, 0.05) is 23.2 Å². The first-order chi connectivity index (χ1) is 16.5. The summed E-state index contributed by atoms with van der Waals surface area (Å²) < 4.78 is 16.8. The third kappa shape index (κ3) is 5.46. The fraction of sp³-hybridized carbons (Fsp3) is 0.269. The van der Waals surface area contributed by atoms with Gasteiger partial charge >= 0.3 is 0 Å². The molecule has 0 bridgehead atoms. The highest BCUT2D eigenvalue weighted by Gasteiger charge is 2.28. The van der Waals surface area contributed by atoms with Crippen molar-refractivity contribution in [1.29, 1.82) is 0 Å². The summed E-state index contributed by atoms with van der Waals surface area (Å²) in [5, 5.41) is 7.17. The summed E-state index contributed by atoms with van der Waals surface area (Å²) >= 11 is 0. The predicted molar refractivity (Wildman–Crippen MR) is 129 cm³/mol. The van der Waals surface area contributed by atoms with E-state index in [1.165, 1.54) is 0 Å². The summed E-state index contributed by atoms with van der Waals surface area (Å²) in [6.45, 7) is 4.18. The number of carbonyl (C=O) groups excluding carboxylic acids is 2. The van der Waals surface area contributed by atoms with E-state index in [1.54, 1.807) is 36.4 Å². The van der Waals surface area contributed by atoms with Gasteiger partial charge in [-0.15, -0.1) is 0 Å². The van der Waals surface area contributed by atoms with Crippen LogP contribution in [-0.4, -0.2) is 30.7 Å². The van der Waals surface area contributed by atoms with Crippen molar-refractivity contribution < 1.29 is 23.5 Å². The van der Waals surface area contributed by atoms with Crippen LogP contribution in [0.15, 0.2) is 64.1 Å². The van der Waals surface area contributed by atoms with Crippen LogP contribution in [-0.2, 0) is 11.2 Å². The van der Waals surface area contributed by atoms with E-state index < -0.39 is 0 Å². The Morgan fingerprint density at radius 2 is 1.74 bits per heavy atom. The number of rotatable bonds is 8. The van der Waals surface area contributed by atoms with Gasteiger partial charge in [0.15, 0.2) is 12.4 Å². The minimum Gasteiger partial charge on any atom is -0.494 e. The molecule has 8 nitrogen and oxygen atoms in total. The molecule has 1 heterocycles. The van der Waals surface area contributed by atoms with Crippen LogP contribution in [0, 0.1) is 6.92 Å². The average molecular weight is 462 g/mol. The van der Waals surface area contributed by atoms with Crippen LogP contribution in [0.5, 0.6) is 11.5 Å². The molecular formula is C26H27N3O5. The molecule has 0 atom stereocenters. The number of hydrazone groups is 1. The molecule has 3 aromatic rings. The molecule has 1 aliphatic rings. The lowest BCUT2D eigenvalue weighted by atomic mass is 9.93. The van der Waals surface area contributed by atoms with Crippen LogP contribution >= 0.6 is 0 Å². The van der Waals surface area contributed by atoms with E-state index in [4.69, 9.17) is 13.9 Å². The van der Waals surface area contributed by atoms with Gasteiger partial charge in [-0.3, -0.25) is 9.59 Å². The SMILES string of the molecule is CCOc1ccc(NC(=O)c2oc3c(c2C)/C(=N/NC(=O)COc2ccccc2)CCC3)cc1. The minimum atomic E-state index is -0.363. The quantitative estimate of drug-likeness (QED) is 0.482. The molecule has 0 saturated heterocycles. The van der Waals surface area contributed by atoms with Gasteiger partial charge < -0.3 is 19.2 Å². The second-order valence-corrected chi connectivity index (χ2v) is 7.81. The van der Waals surface area contributed by atoms with Crippen molar-refractivity contribution in [2.75, 3.05) is 18.5 Å². The summed E-state index contributed by atoms with van der Waals surface area (Å²) in [7, 11) is 0. The van der Waals surface area contributed by atoms with Gasteiger partial charge in [0.1, 0.15) is 17.3 Å². The molecule has 34 heavy (non-hydrogen) atoms. The molecule has 1 aromatic heterocycles. The number of hydrogen-bond donors (Lipinski definition) is 2. The molecule has 2 N–H and O–H groups in total. The van der Waals surface area contributed by atoms with Crippen LogP contribution in [0.2, 0.25) is 0 Å². The Kier molecular flexibility index (Phi) is 7.27. The van der Waals surface area contributed by atoms with Gasteiger partial charge in [0.25, 0.3) is 11.8 Å². The van der Waals surface area contributed by atoms with Crippen molar-refractivity contribution >= 4 is 23.2 Å². The van der Waals surface area contributed by atoms with Crippen LogP contribution in [0.3, 0.4) is 0 Å². The van der Waals surface area contributed by atoms with Crippen LogP contribution in [0.1, 0.15) is 47.2 Å². The molecule has 0 radical (unpaired) electrons. The molecule has 4 rings (SSSR count). The average Bonchev–Trinajstić information content (AvgIpc) is 3.20. The maximum Gasteiger partial charge on any atom is 0.291 e. The van der Waals surface area contributed by atoms with Gasteiger partial charge in [0.2, 0.25) is 0 Å². The zero-order valence-corrected chi connectivity index (χ0v) is 19.2. The van der Waals surface area contributed by atoms with Crippen molar-refractivity contribution in [3.8, 4) is 11.5 Å². The van der Waals surface area contributed by atoms with Gasteiger partial charge in [-0.2, -0.15) is 5.10 Å². The van der Waals surface area contributed by atoms with E-state index in [1.807, 2.05) is 32.0 Å². The highest BCUT2D eigenvalue weighted by Crippen LogP contribution is 2.30. The predicted octanol–water partition coefficient (Wildman–Crippen LogP) is 4.47. The zero-order valence-electron chi connectivity index (χ0n) is 19.2. The molecule has 0 spiro atoms. The van der Waals surface area contributed by atoms with E-state index in [2.05, 4.69) is 15.8 Å². The number of benzene rings is 2. The molecular weight excluding hydrogens is 434 g/mol. The first-order valence-corrected chi connectivity index (χ1v) is 11.2. The van der Waals surface area contributed by atoms with Crippen molar-refractivity contribution in [3.05, 3.63) is 77.2 Å². The maximum absolute atomic E-state index is 12.9. The fourth-order valence-electron chi connectivity index (χ4n) is 3.81. The monoisotopic (exact) mass is 461 g/mol. The molecule has 0 unspecified atom stereocenters. The Morgan fingerprint density at radius 3 is 2.47 bits per heavy atom. The third-order valence-corrected chi connectivity index (χ3v) is 5.38. The molecule has 2 aromatic carbocycles. The Balaban J connectivity index is 1.43. The number of nitrogens with zero attached hydrogens (tertiary/aromatic N) is 1. The van der Waals surface area contributed by atoms with Crippen molar-refractivity contribution in [1.82, 2.24) is 5.43 Å². The van der Waals surface area contributed by atoms with Crippen molar-refractivity contribution in [2.24, 2.45) is 5.10 Å². The van der Waals surface area contributed by atoms with E-state index in [0.717, 1.165) is 17.7 Å². The number of furan rings is 1. The molecule has 1 aliphatic carbocycles. The van der Waals surface area contributed by atoms with Crippen molar-refractivity contribution in [2.45, 2.75) is 33.1 Å².